The Labute approximate surface area is 120 Å². The average molecular weight is 278 g/mol. The summed E-state index contributed by atoms with van der Waals surface area (Å²) in [6.45, 7) is 5.61. The number of morpholine rings is 1. The maximum Gasteiger partial charge on any atom is 0.125 e. The molecule has 2 heterocycles. The van der Waals surface area contributed by atoms with Crippen LogP contribution in [0.1, 0.15) is 31.7 Å². The van der Waals surface area contributed by atoms with Crippen LogP contribution < -0.4 is 10.2 Å². The van der Waals surface area contributed by atoms with Gasteiger partial charge in [0, 0.05) is 25.3 Å². The fourth-order valence-electron chi connectivity index (χ4n) is 3.15. The highest BCUT2D eigenvalue weighted by atomic mass is 19.1. The van der Waals surface area contributed by atoms with E-state index in [1.165, 1.54) is 0 Å². The smallest absolute Gasteiger partial charge is 0.125 e. The number of rotatable bonds is 5. The molecule has 110 valence electrons. The number of fused-ring (bicyclic) bond motifs is 2. The Kier molecular flexibility index (Phi) is 4.22. The standard InChI is InChI=1S/C16H23FN2O/c1-2-5-18-9-12-6-13(17)8-14(7-12)19-10-15-3-4-16(11-19)20-15/h6-8,15-16,18H,2-5,9-11H2,1H3. The SMILES string of the molecule is CCCNCc1cc(F)cc(N2CC3CCC(C2)O3)c1. The van der Waals surface area contributed by atoms with Crippen molar-refractivity contribution in [2.75, 3.05) is 24.5 Å². The van der Waals surface area contributed by atoms with Gasteiger partial charge in [-0.25, -0.2) is 4.39 Å². The van der Waals surface area contributed by atoms with Crippen molar-refractivity contribution in [2.24, 2.45) is 0 Å². The number of hydrogen-bond acceptors (Lipinski definition) is 3. The lowest BCUT2D eigenvalue weighted by atomic mass is 10.1. The fourth-order valence-corrected chi connectivity index (χ4v) is 3.15. The first-order valence-electron chi connectivity index (χ1n) is 7.65. The Bertz CT molecular complexity index is 454. The molecule has 3 rings (SSSR count). The first-order chi connectivity index (χ1) is 9.74. The monoisotopic (exact) mass is 278 g/mol. The first kappa shape index (κ1) is 13.8. The zero-order chi connectivity index (χ0) is 13.9. The minimum atomic E-state index is -0.144. The van der Waals surface area contributed by atoms with E-state index in [9.17, 15) is 4.39 Å². The van der Waals surface area contributed by atoms with E-state index in [4.69, 9.17) is 4.74 Å². The summed E-state index contributed by atoms with van der Waals surface area (Å²) in [6.07, 6.45) is 4.04. The molecule has 20 heavy (non-hydrogen) atoms. The summed E-state index contributed by atoms with van der Waals surface area (Å²) in [6, 6.07) is 5.38. The molecule has 2 aliphatic heterocycles. The van der Waals surface area contributed by atoms with Gasteiger partial charge in [0.05, 0.1) is 12.2 Å². The zero-order valence-corrected chi connectivity index (χ0v) is 12.1. The summed E-state index contributed by atoms with van der Waals surface area (Å²) in [5.41, 5.74) is 2.02. The molecule has 3 nitrogen and oxygen atoms in total. The van der Waals surface area contributed by atoms with Crippen LogP contribution in [0, 0.1) is 5.82 Å². The fraction of sp³-hybridized carbons (Fsp3) is 0.625. The molecule has 2 aliphatic rings. The van der Waals surface area contributed by atoms with Crippen LogP contribution in [0.25, 0.3) is 0 Å². The highest BCUT2D eigenvalue weighted by Gasteiger charge is 2.33. The second-order valence-corrected chi connectivity index (χ2v) is 5.86. The second kappa shape index (κ2) is 6.10. The number of benzene rings is 1. The summed E-state index contributed by atoms with van der Waals surface area (Å²) in [7, 11) is 0. The van der Waals surface area contributed by atoms with Crippen molar-refractivity contribution in [3.05, 3.63) is 29.6 Å². The average Bonchev–Trinajstić information content (AvgIpc) is 2.77. The highest BCUT2D eigenvalue weighted by molar-refractivity contribution is 5.50. The van der Waals surface area contributed by atoms with Gasteiger partial charge in [0.2, 0.25) is 0 Å². The second-order valence-electron chi connectivity index (χ2n) is 5.86. The van der Waals surface area contributed by atoms with Crippen LogP contribution in [0.4, 0.5) is 10.1 Å². The van der Waals surface area contributed by atoms with Crippen LogP contribution in [0.15, 0.2) is 18.2 Å². The normalized spacial score (nSPS) is 25.2. The van der Waals surface area contributed by atoms with Crippen molar-refractivity contribution in [3.63, 3.8) is 0 Å². The van der Waals surface area contributed by atoms with Gasteiger partial charge in [-0.1, -0.05) is 6.92 Å². The lowest BCUT2D eigenvalue weighted by Gasteiger charge is -2.34. The molecule has 0 aromatic heterocycles. The quantitative estimate of drug-likeness (QED) is 0.838. The Hall–Kier alpha value is -1.13. The maximum atomic E-state index is 13.8. The minimum absolute atomic E-state index is 0.144. The van der Waals surface area contributed by atoms with E-state index < -0.39 is 0 Å². The van der Waals surface area contributed by atoms with Gasteiger partial charge in [0.15, 0.2) is 0 Å². The van der Waals surface area contributed by atoms with E-state index >= 15 is 0 Å². The van der Waals surface area contributed by atoms with Crippen LogP contribution in [0.5, 0.6) is 0 Å². The number of nitrogens with one attached hydrogen (secondary N) is 1. The molecular formula is C16H23FN2O. The molecule has 1 aromatic carbocycles. The molecule has 1 aromatic rings. The largest absolute Gasteiger partial charge is 0.371 e. The molecule has 2 atom stereocenters. The molecule has 2 fully saturated rings. The molecule has 1 N–H and O–H groups in total. The van der Waals surface area contributed by atoms with Crippen molar-refractivity contribution in [1.29, 1.82) is 0 Å². The number of hydrogen-bond donors (Lipinski definition) is 1. The molecule has 2 bridgehead atoms. The van der Waals surface area contributed by atoms with E-state index in [0.717, 1.165) is 56.7 Å². The van der Waals surface area contributed by atoms with Crippen LogP contribution in [0.3, 0.4) is 0 Å². The molecule has 4 heteroatoms. The first-order valence-corrected chi connectivity index (χ1v) is 7.65. The van der Waals surface area contributed by atoms with Crippen molar-refractivity contribution < 1.29 is 9.13 Å². The lowest BCUT2D eigenvalue weighted by Crippen LogP contribution is -2.42. The van der Waals surface area contributed by atoms with Crippen molar-refractivity contribution in [2.45, 2.75) is 44.9 Å². The van der Waals surface area contributed by atoms with E-state index in [1.54, 1.807) is 12.1 Å². The number of halogens is 1. The predicted molar refractivity (Wildman–Crippen MR) is 78.5 cm³/mol. The number of ether oxygens (including phenoxy) is 1. The predicted octanol–water partition coefficient (Wildman–Crippen LogP) is 2.69. The topological polar surface area (TPSA) is 24.5 Å². The van der Waals surface area contributed by atoms with E-state index in [1.807, 2.05) is 0 Å². The lowest BCUT2D eigenvalue weighted by molar-refractivity contribution is 0.0305. The molecule has 0 spiro atoms. The van der Waals surface area contributed by atoms with Crippen LogP contribution in [0.2, 0.25) is 0 Å². The Morgan fingerprint density at radius 3 is 2.70 bits per heavy atom. The molecule has 2 saturated heterocycles. The number of nitrogens with zero attached hydrogens (tertiary/aromatic N) is 1. The van der Waals surface area contributed by atoms with Gasteiger partial charge in [0.1, 0.15) is 5.82 Å². The third kappa shape index (κ3) is 3.13. The third-order valence-electron chi connectivity index (χ3n) is 4.11. The van der Waals surface area contributed by atoms with Gasteiger partial charge < -0.3 is 15.0 Å². The van der Waals surface area contributed by atoms with Gasteiger partial charge in [0.25, 0.3) is 0 Å². The molecule has 0 radical (unpaired) electrons. The summed E-state index contributed by atoms with van der Waals surface area (Å²) >= 11 is 0. The van der Waals surface area contributed by atoms with Crippen LogP contribution in [-0.2, 0) is 11.3 Å². The van der Waals surface area contributed by atoms with Gasteiger partial charge in [-0.2, -0.15) is 0 Å². The third-order valence-corrected chi connectivity index (χ3v) is 4.11. The minimum Gasteiger partial charge on any atom is -0.371 e. The molecule has 0 aliphatic carbocycles. The zero-order valence-electron chi connectivity index (χ0n) is 12.1. The highest BCUT2D eigenvalue weighted by Crippen LogP contribution is 2.30. The molecule has 2 unspecified atom stereocenters. The maximum absolute atomic E-state index is 13.8. The Morgan fingerprint density at radius 1 is 1.25 bits per heavy atom. The summed E-state index contributed by atoms with van der Waals surface area (Å²) < 4.78 is 19.7. The molecular weight excluding hydrogens is 255 g/mol. The van der Waals surface area contributed by atoms with Gasteiger partial charge in [-0.3, -0.25) is 0 Å². The molecule has 0 amide bonds. The van der Waals surface area contributed by atoms with Crippen molar-refractivity contribution in [1.82, 2.24) is 5.32 Å². The van der Waals surface area contributed by atoms with E-state index in [0.29, 0.717) is 12.2 Å². The van der Waals surface area contributed by atoms with Crippen molar-refractivity contribution >= 4 is 5.69 Å². The summed E-state index contributed by atoms with van der Waals surface area (Å²) in [5, 5.41) is 3.33. The van der Waals surface area contributed by atoms with Crippen LogP contribution in [-0.4, -0.2) is 31.8 Å². The Balaban J connectivity index is 1.72. The van der Waals surface area contributed by atoms with Gasteiger partial charge in [-0.05, 0) is 49.6 Å². The van der Waals surface area contributed by atoms with E-state index in [2.05, 4.69) is 23.2 Å². The molecule has 0 saturated carbocycles. The van der Waals surface area contributed by atoms with Crippen LogP contribution >= 0.6 is 0 Å². The van der Waals surface area contributed by atoms with Crippen molar-refractivity contribution in [3.8, 4) is 0 Å². The van der Waals surface area contributed by atoms with E-state index in [-0.39, 0.29) is 5.82 Å². The summed E-state index contributed by atoms with van der Waals surface area (Å²) in [5.74, 6) is -0.144. The Morgan fingerprint density at radius 2 is 2.00 bits per heavy atom. The summed E-state index contributed by atoms with van der Waals surface area (Å²) in [4.78, 5) is 2.28. The number of anilines is 1. The van der Waals surface area contributed by atoms with Gasteiger partial charge in [-0.15, -0.1) is 0 Å². The van der Waals surface area contributed by atoms with Gasteiger partial charge >= 0.3 is 0 Å².